The van der Waals surface area contributed by atoms with Gasteiger partial charge in [-0.25, -0.2) is 4.39 Å². The molecule has 1 fully saturated rings. The van der Waals surface area contributed by atoms with Crippen LogP contribution in [-0.2, 0) is 19.5 Å². The Morgan fingerprint density at radius 3 is 2.72 bits per heavy atom. The Morgan fingerprint density at radius 2 is 1.96 bits per heavy atom. The van der Waals surface area contributed by atoms with Gasteiger partial charge in [0, 0.05) is 39.1 Å². The molecule has 1 aromatic heterocycles. The molecule has 2 aliphatic heterocycles. The van der Waals surface area contributed by atoms with Crippen LogP contribution in [0.5, 0.6) is 0 Å². The maximum atomic E-state index is 13.1. The van der Waals surface area contributed by atoms with E-state index in [9.17, 15) is 9.18 Å². The number of aromatic nitrogens is 3. The Bertz CT molecular complexity index is 772. The predicted molar refractivity (Wildman–Crippen MR) is 90.4 cm³/mol. The van der Waals surface area contributed by atoms with Crippen LogP contribution >= 0.6 is 0 Å². The molecule has 7 heteroatoms. The Hall–Kier alpha value is -2.28. The molecule has 25 heavy (non-hydrogen) atoms. The highest BCUT2D eigenvalue weighted by Gasteiger charge is 2.38. The molecule has 2 atom stereocenters. The monoisotopic (exact) mass is 343 g/mol. The van der Waals surface area contributed by atoms with Crippen molar-refractivity contribution in [2.24, 2.45) is 11.8 Å². The van der Waals surface area contributed by atoms with E-state index in [1.54, 1.807) is 0 Å². The van der Waals surface area contributed by atoms with E-state index in [0.717, 1.165) is 44.0 Å². The van der Waals surface area contributed by atoms with Gasteiger partial charge in [0.25, 0.3) is 5.91 Å². The average Bonchev–Trinajstić information content (AvgIpc) is 3.17. The smallest absolute Gasteiger partial charge is 0.289 e. The minimum atomic E-state index is -0.199. The van der Waals surface area contributed by atoms with Gasteiger partial charge in [0.1, 0.15) is 11.6 Å². The molecule has 0 bridgehead atoms. The van der Waals surface area contributed by atoms with Crippen molar-refractivity contribution in [3.05, 3.63) is 47.3 Å². The van der Waals surface area contributed by atoms with Crippen molar-refractivity contribution >= 4 is 5.91 Å². The Balaban J connectivity index is 1.45. The molecular formula is C18H22FN5O. The third-order valence-electron chi connectivity index (χ3n) is 5.20. The summed E-state index contributed by atoms with van der Waals surface area (Å²) in [5.74, 6) is 2.02. The first-order valence-electron chi connectivity index (χ1n) is 8.81. The maximum absolute atomic E-state index is 13.1. The minimum Gasteiger partial charge on any atom is -0.350 e. The van der Waals surface area contributed by atoms with Crippen LogP contribution < -0.4 is 5.32 Å². The number of halogens is 1. The second kappa shape index (κ2) is 6.55. The molecule has 2 aromatic rings. The van der Waals surface area contributed by atoms with Crippen LogP contribution in [0.4, 0.5) is 4.39 Å². The highest BCUT2D eigenvalue weighted by molar-refractivity contribution is 5.90. The molecular weight excluding hydrogens is 321 g/mol. The minimum absolute atomic E-state index is 0.152. The number of likely N-dealkylation sites (tertiary alicyclic amines) is 1. The fourth-order valence-corrected chi connectivity index (χ4v) is 4.01. The van der Waals surface area contributed by atoms with Gasteiger partial charge in [-0.05, 0) is 36.5 Å². The summed E-state index contributed by atoms with van der Waals surface area (Å²) in [6, 6.07) is 6.72. The van der Waals surface area contributed by atoms with Crippen LogP contribution in [0.25, 0.3) is 0 Å². The summed E-state index contributed by atoms with van der Waals surface area (Å²) in [6.45, 7) is 6.08. The Morgan fingerprint density at radius 1 is 1.20 bits per heavy atom. The van der Waals surface area contributed by atoms with Gasteiger partial charge in [-0.1, -0.05) is 12.1 Å². The number of hydrogen-bond acceptors (Lipinski definition) is 4. The van der Waals surface area contributed by atoms with Crippen LogP contribution in [0.1, 0.15) is 28.9 Å². The number of nitrogens with zero attached hydrogens (tertiary/aromatic N) is 4. The number of fused-ring (bicyclic) bond motifs is 2. The molecule has 4 rings (SSSR count). The number of nitrogens with one attached hydrogen (secondary N) is 1. The third kappa shape index (κ3) is 3.16. The van der Waals surface area contributed by atoms with Crippen molar-refractivity contribution in [3.63, 3.8) is 0 Å². The van der Waals surface area contributed by atoms with Crippen molar-refractivity contribution in [3.8, 4) is 0 Å². The number of benzene rings is 1. The van der Waals surface area contributed by atoms with E-state index in [-0.39, 0.29) is 11.7 Å². The standard InChI is InChI=1S/C18H22FN5O/c1-2-20-18(25)17-22-21-16-7-13-9-23(10-14(13)11-24(16)17)8-12-3-5-15(19)6-4-12/h3-6,13-14H,2,7-11H2,1H3,(H,20,25)/t13-,14+/m1/s1. The number of carbonyl (C=O) groups is 1. The summed E-state index contributed by atoms with van der Waals surface area (Å²) in [7, 11) is 0. The lowest BCUT2D eigenvalue weighted by atomic mass is 9.89. The van der Waals surface area contributed by atoms with Crippen molar-refractivity contribution in [2.45, 2.75) is 26.4 Å². The fraction of sp³-hybridized carbons (Fsp3) is 0.500. The van der Waals surface area contributed by atoms with E-state index in [4.69, 9.17) is 0 Å². The van der Waals surface area contributed by atoms with E-state index < -0.39 is 0 Å². The summed E-state index contributed by atoms with van der Waals surface area (Å²) >= 11 is 0. The molecule has 6 nitrogen and oxygen atoms in total. The molecule has 3 heterocycles. The van der Waals surface area contributed by atoms with Gasteiger partial charge in [-0.2, -0.15) is 0 Å². The zero-order valence-corrected chi connectivity index (χ0v) is 14.3. The van der Waals surface area contributed by atoms with Gasteiger partial charge in [-0.3, -0.25) is 9.69 Å². The first kappa shape index (κ1) is 16.2. The van der Waals surface area contributed by atoms with E-state index in [1.807, 2.05) is 23.6 Å². The second-order valence-electron chi connectivity index (χ2n) is 6.95. The molecule has 1 aromatic carbocycles. The lowest BCUT2D eigenvalue weighted by Gasteiger charge is -2.25. The Kier molecular flexibility index (Phi) is 4.25. The van der Waals surface area contributed by atoms with E-state index in [1.165, 1.54) is 12.1 Å². The number of hydrogen-bond donors (Lipinski definition) is 1. The van der Waals surface area contributed by atoms with E-state index in [0.29, 0.717) is 24.2 Å². The number of rotatable bonds is 4. The fourth-order valence-electron chi connectivity index (χ4n) is 4.01. The third-order valence-corrected chi connectivity index (χ3v) is 5.20. The quantitative estimate of drug-likeness (QED) is 0.913. The lowest BCUT2D eigenvalue weighted by molar-refractivity contribution is 0.0937. The van der Waals surface area contributed by atoms with Crippen molar-refractivity contribution in [1.29, 1.82) is 0 Å². The first-order chi connectivity index (χ1) is 12.1. The van der Waals surface area contributed by atoms with Crippen molar-refractivity contribution < 1.29 is 9.18 Å². The summed E-state index contributed by atoms with van der Waals surface area (Å²) < 4.78 is 15.0. The number of amides is 1. The molecule has 0 aliphatic carbocycles. The summed E-state index contributed by atoms with van der Waals surface area (Å²) in [5.41, 5.74) is 1.13. The Labute approximate surface area is 146 Å². The molecule has 1 amide bonds. The summed E-state index contributed by atoms with van der Waals surface area (Å²) in [6.07, 6.45) is 0.858. The van der Waals surface area contributed by atoms with Crippen molar-refractivity contribution in [2.75, 3.05) is 19.6 Å². The molecule has 0 radical (unpaired) electrons. The van der Waals surface area contributed by atoms with Crippen LogP contribution in [0, 0.1) is 17.7 Å². The van der Waals surface area contributed by atoms with Gasteiger partial charge in [0.2, 0.25) is 5.82 Å². The van der Waals surface area contributed by atoms with Gasteiger partial charge in [0.15, 0.2) is 0 Å². The van der Waals surface area contributed by atoms with Crippen LogP contribution in [0.15, 0.2) is 24.3 Å². The van der Waals surface area contributed by atoms with Crippen LogP contribution in [-0.4, -0.2) is 45.2 Å². The highest BCUT2D eigenvalue weighted by Crippen LogP contribution is 2.33. The zero-order chi connectivity index (χ0) is 17.4. The lowest BCUT2D eigenvalue weighted by Crippen LogP contribution is -2.33. The molecule has 0 unspecified atom stereocenters. The molecule has 1 N–H and O–H groups in total. The molecule has 1 saturated heterocycles. The van der Waals surface area contributed by atoms with Crippen LogP contribution in [0.3, 0.4) is 0 Å². The summed E-state index contributed by atoms with van der Waals surface area (Å²) in [5, 5.41) is 11.1. The van der Waals surface area contributed by atoms with Gasteiger partial charge >= 0.3 is 0 Å². The largest absolute Gasteiger partial charge is 0.350 e. The molecule has 2 aliphatic rings. The normalized spacial score (nSPS) is 22.5. The predicted octanol–water partition coefficient (Wildman–Crippen LogP) is 1.47. The average molecular weight is 343 g/mol. The van der Waals surface area contributed by atoms with Gasteiger partial charge in [-0.15, -0.1) is 10.2 Å². The van der Waals surface area contributed by atoms with E-state index in [2.05, 4.69) is 20.4 Å². The molecule has 132 valence electrons. The van der Waals surface area contributed by atoms with Gasteiger partial charge in [0.05, 0.1) is 0 Å². The molecule has 0 spiro atoms. The zero-order valence-electron chi connectivity index (χ0n) is 14.3. The van der Waals surface area contributed by atoms with Gasteiger partial charge < -0.3 is 9.88 Å². The maximum Gasteiger partial charge on any atom is 0.289 e. The van der Waals surface area contributed by atoms with Crippen LogP contribution in [0.2, 0.25) is 0 Å². The highest BCUT2D eigenvalue weighted by atomic mass is 19.1. The first-order valence-corrected chi connectivity index (χ1v) is 8.81. The number of carbonyl (C=O) groups excluding carboxylic acids is 1. The van der Waals surface area contributed by atoms with Crippen molar-refractivity contribution in [1.82, 2.24) is 25.0 Å². The SMILES string of the molecule is CCNC(=O)c1nnc2n1C[C@@H]1CN(Cc3ccc(F)cc3)C[C@H]1C2. The molecule has 0 saturated carbocycles. The van der Waals surface area contributed by atoms with E-state index >= 15 is 0 Å². The second-order valence-corrected chi connectivity index (χ2v) is 6.95. The summed E-state index contributed by atoms with van der Waals surface area (Å²) in [4.78, 5) is 14.5. The topological polar surface area (TPSA) is 63.1 Å².